The minimum Gasteiger partial charge on any atom is -0.351 e. The second-order valence-corrected chi connectivity index (χ2v) is 6.57. The third-order valence-corrected chi connectivity index (χ3v) is 5.37. The Morgan fingerprint density at radius 3 is 3.24 bits per heavy atom. The fourth-order valence-corrected chi connectivity index (χ4v) is 4.40. The molecule has 2 aromatic rings. The van der Waals surface area contributed by atoms with Crippen LogP contribution in [0.1, 0.15) is 29.9 Å². The van der Waals surface area contributed by atoms with Gasteiger partial charge in [-0.1, -0.05) is 12.1 Å². The molecule has 0 bridgehead atoms. The average Bonchev–Trinajstić information content (AvgIpc) is 2.85. The summed E-state index contributed by atoms with van der Waals surface area (Å²) in [6.45, 7) is 1.12. The molecule has 6 heteroatoms. The smallest absolute Gasteiger partial charge is 0.323 e. The maximum absolute atomic E-state index is 10.9. The van der Waals surface area contributed by atoms with Crippen LogP contribution in [0.5, 0.6) is 0 Å². The number of carbonyl (C=O) groups excluding carboxylic acids is 1. The van der Waals surface area contributed by atoms with Gasteiger partial charge in [-0.25, -0.2) is 4.79 Å². The molecule has 110 valence electrons. The summed E-state index contributed by atoms with van der Waals surface area (Å²) in [5, 5.41) is 5.02. The largest absolute Gasteiger partial charge is 0.351 e. The van der Waals surface area contributed by atoms with Crippen molar-refractivity contribution in [3.63, 3.8) is 0 Å². The van der Waals surface area contributed by atoms with Crippen molar-refractivity contribution in [3.05, 3.63) is 35.5 Å². The van der Waals surface area contributed by atoms with Gasteiger partial charge in [0.15, 0.2) is 0 Å². The first-order chi connectivity index (χ1) is 10.2. The summed E-state index contributed by atoms with van der Waals surface area (Å²) in [5.74, 6) is 0.611. The normalized spacial score (nSPS) is 23.8. The zero-order valence-corrected chi connectivity index (χ0v) is 12.5. The van der Waals surface area contributed by atoms with E-state index in [1.165, 1.54) is 41.5 Å². The highest BCUT2D eigenvalue weighted by atomic mass is 32.2. The SMILES string of the molecule is NC(=O)NSn1cc2c3c(cccc31)[C@H]1CCCN[C@@H]1C2. The lowest BCUT2D eigenvalue weighted by Crippen LogP contribution is -2.43. The van der Waals surface area contributed by atoms with E-state index in [2.05, 4.69) is 34.4 Å². The van der Waals surface area contributed by atoms with Crippen molar-refractivity contribution >= 4 is 29.1 Å². The second kappa shape index (κ2) is 4.96. The van der Waals surface area contributed by atoms with Crippen molar-refractivity contribution in [2.75, 3.05) is 6.54 Å². The highest BCUT2D eigenvalue weighted by Gasteiger charge is 2.33. The summed E-state index contributed by atoms with van der Waals surface area (Å²) in [7, 11) is 0. The highest BCUT2D eigenvalue weighted by molar-refractivity contribution is 7.96. The third-order valence-electron chi connectivity index (χ3n) is 4.57. The summed E-state index contributed by atoms with van der Waals surface area (Å²) in [5.41, 5.74) is 9.13. The first kappa shape index (κ1) is 13.0. The number of fused-ring (bicyclic) bond motifs is 2. The molecule has 5 nitrogen and oxygen atoms in total. The van der Waals surface area contributed by atoms with E-state index in [1.54, 1.807) is 0 Å². The number of nitrogens with one attached hydrogen (secondary N) is 2. The number of benzene rings is 1. The van der Waals surface area contributed by atoms with Crippen LogP contribution in [0.2, 0.25) is 0 Å². The quantitative estimate of drug-likeness (QED) is 0.744. The molecule has 2 atom stereocenters. The van der Waals surface area contributed by atoms with Gasteiger partial charge in [-0.3, -0.25) is 8.69 Å². The number of hydrogen-bond acceptors (Lipinski definition) is 3. The fourth-order valence-electron chi connectivity index (χ4n) is 3.78. The predicted octanol–water partition coefficient (Wildman–Crippen LogP) is 2.11. The first-order valence-corrected chi connectivity index (χ1v) is 8.10. The average molecular weight is 302 g/mol. The number of rotatable bonds is 2. The summed E-state index contributed by atoms with van der Waals surface area (Å²) in [6, 6.07) is 6.49. The number of carbonyl (C=O) groups is 1. The van der Waals surface area contributed by atoms with Crippen LogP contribution in [0, 0.1) is 0 Å². The number of aromatic nitrogens is 1. The number of nitrogens with zero attached hydrogens (tertiary/aromatic N) is 1. The topological polar surface area (TPSA) is 72.1 Å². The van der Waals surface area contributed by atoms with Gasteiger partial charge in [-0.15, -0.1) is 0 Å². The molecule has 1 aromatic heterocycles. The van der Waals surface area contributed by atoms with E-state index >= 15 is 0 Å². The van der Waals surface area contributed by atoms with Crippen molar-refractivity contribution in [1.29, 1.82) is 0 Å². The van der Waals surface area contributed by atoms with Crippen molar-refractivity contribution in [3.8, 4) is 0 Å². The van der Waals surface area contributed by atoms with Gasteiger partial charge in [0, 0.05) is 23.5 Å². The highest BCUT2D eigenvalue weighted by Crippen LogP contribution is 2.41. The molecule has 1 aromatic carbocycles. The van der Waals surface area contributed by atoms with Crippen molar-refractivity contribution in [2.45, 2.75) is 31.2 Å². The van der Waals surface area contributed by atoms with Gasteiger partial charge in [0.05, 0.1) is 17.7 Å². The maximum atomic E-state index is 10.9. The summed E-state index contributed by atoms with van der Waals surface area (Å²) < 4.78 is 4.61. The minimum absolute atomic E-state index is 0.523. The molecule has 2 aliphatic rings. The lowest BCUT2D eigenvalue weighted by atomic mass is 9.76. The molecule has 21 heavy (non-hydrogen) atoms. The molecule has 4 rings (SSSR count). The van der Waals surface area contributed by atoms with Crippen molar-refractivity contribution in [2.24, 2.45) is 5.73 Å². The van der Waals surface area contributed by atoms with E-state index in [0.29, 0.717) is 12.0 Å². The fraction of sp³-hybridized carbons (Fsp3) is 0.400. The van der Waals surface area contributed by atoms with Crippen LogP contribution >= 0.6 is 12.1 Å². The Labute approximate surface area is 127 Å². The van der Waals surface area contributed by atoms with Crippen LogP contribution in [0.4, 0.5) is 4.79 Å². The van der Waals surface area contributed by atoms with Gasteiger partial charge in [-0.2, -0.15) is 0 Å². The van der Waals surface area contributed by atoms with E-state index in [-0.39, 0.29) is 0 Å². The van der Waals surface area contributed by atoms with Gasteiger partial charge in [0.25, 0.3) is 0 Å². The monoisotopic (exact) mass is 302 g/mol. The molecule has 0 unspecified atom stereocenters. The van der Waals surface area contributed by atoms with E-state index in [9.17, 15) is 4.79 Å². The molecule has 1 fully saturated rings. The van der Waals surface area contributed by atoms with E-state index < -0.39 is 6.03 Å². The van der Waals surface area contributed by atoms with Crippen LogP contribution in [0.25, 0.3) is 10.9 Å². The van der Waals surface area contributed by atoms with Crippen LogP contribution in [-0.4, -0.2) is 22.6 Å². The van der Waals surface area contributed by atoms with Crippen LogP contribution in [0.3, 0.4) is 0 Å². The van der Waals surface area contributed by atoms with E-state index in [0.717, 1.165) is 18.5 Å². The standard InChI is InChI=1S/C15H18N4OS/c16-15(20)18-21-19-8-9-7-12-10(4-2-6-17-12)11-3-1-5-13(19)14(9)11/h1,3,5,8,10,12,17H,2,4,6-7H2,(H3,16,18,20)/t10-,12-/m1/s1. The summed E-state index contributed by atoms with van der Waals surface area (Å²) in [6.07, 6.45) is 5.68. The van der Waals surface area contributed by atoms with E-state index in [4.69, 9.17) is 5.73 Å². The number of hydrogen-bond donors (Lipinski definition) is 3. The number of nitrogens with two attached hydrogens (primary N) is 1. The molecule has 1 aliphatic carbocycles. The summed E-state index contributed by atoms with van der Waals surface area (Å²) in [4.78, 5) is 10.9. The molecule has 2 amide bonds. The molecular formula is C15H18N4OS. The van der Waals surface area contributed by atoms with Gasteiger partial charge in [0.2, 0.25) is 0 Å². The Kier molecular flexibility index (Phi) is 3.08. The minimum atomic E-state index is -0.523. The number of primary amides is 1. The molecule has 0 saturated carbocycles. The number of piperidine rings is 1. The molecule has 2 heterocycles. The zero-order valence-electron chi connectivity index (χ0n) is 11.6. The maximum Gasteiger partial charge on any atom is 0.323 e. The lowest BCUT2D eigenvalue weighted by Gasteiger charge is -2.36. The zero-order chi connectivity index (χ0) is 14.4. The van der Waals surface area contributed by atoms with Crippen LogP contribution in [-0.2, 0) is 6.42 Å². The molecule has 1 saturated heterocycles. The molecular weight excluding hydrogens is 284 g/mol. The Balaban J connectivity index is 1.81. The molecule has 4 N–H and O–H groups in total. The number of amides is 2. The van der Waals surface area contributed by atoms with Crippen LogP contribution in [0.15, 0.2) is 24.4 Å². The van der Waals surface area contributed by atoms with Crippen LogP contribution < -0.4 is 15.8 Å². The van der Waals surface area contributed by atoms with Gasteiger partial charge in [-0.05, 0) is 43.0 Å². The molecule has 1 aliphatic heterocycles. The molecule has 0 spiro atoms. The van der Waals surface area contributed by atoms with E-state index in [1.807, 2.05) is 3.97 Å². The van der Waals surface area contributed by atoms with Crippen molar-refractivity contribution < 1.29 is 4.79 Å². The Hall–Kier alpha value is -1.66. The van der Waals surface area contributed by atoms with Gasteiger partial charge >= 0.3 is 6.03 Å². The Bertz CT molecular complexity index is 711. The third kappa shape index (κ3) is 2.10. The number of urea groups is 1. The van der Waals surface area contributed by atoms with Gasteiger partial charge in [0.1, 0.15) is 0 Å². The van der Waals surface area contributed by atoms with Gasteiger partial charge < -0.3 is 11.1 Å². The van der Waals surface area contributed by atoms with Crippen molar-refractivity contribution in [1.82, 2.24) is 14.0 Å². The lowest BCUT2D eigenvalue weighted by molar-refractivity contribution is 0.254. The molecule has 0 radical (unpaired) electrons. The second-order valence-electron chi connectivity index (χ2n) is 5.79. The first-order valence-electron chi connectivity index (χ1n) is 7.33. The predicted molar refractivity (Wildman–Crippen MR) is 85.1 cm³/mol. The Morgan fingerprint density at radius 1 is 1.48 bits per heavy atom. The summed E-state index contributed by atoms with van der Waals surface area (Å²) >= 11 is 1.24. The Morgan fingerprint density at radius 2 is 2.38 bits per heavy atom.